The van der Waals surface area contributed by atoms with Crippen molar-refractivity contribution >= 4 is 35.3 Å². The van der Waals surface area contributed by atoms with Crippen LogP contribution in [0.25, 0.3) is 0 Å². The van der Waals surface area contributed by atoms with E-state index in [4.69, 9.17) is 0 Å². The Morgan fingerprint density at radius 1 is 1.32 bits per heavy atom. The molecule has 0 saturated carbocycles. The lowest BCUT2D eigenvalue weighted by molar-refractivity contribution is -0.141. The van der Waals surface area contributed by atoms with Gasteiger partial charge in [-0.15, -0.1) is 18.3 Å². The Labute approximate surface area is 206 Å². The number of hydrogen-bond acceptors (Lipinski definition) is 6. The summed E-state index contributed by atoms with van der Waals surface area (Å²) >= 11 is 1.62. The number of aromatic nitrogens is 2. The topological polar surface area (TPSA) is 108 Å². The number of aryl methyl sites for hydroxylation is 1. The summed E-state index contributed by atoms with van der Waals surface area (Å²) in [6, 6.07) is 0.213. The lowest BCUT2D eigenvalue weighted by Gasteiger charge is -2.30. The van der Waals surface area contributed by atoms with Gasteiger partial charge in [-0.25, -0.2) is 4.68 Å². The zero-order chi connectivity index (χ0) is 25.3. The highest BCUT2D eigenvalue weighted by Crippen LogP contribution is 2.36. The van der Waals surface area contributed by atoms with Crippen LogP contribution in [0.5, 0.6) is 0 Å². The molecule has 3 rings (SSSR count). The quantitative estimate of drug-likeness (QED) is 0.507. The summed E-state index contributed by atoms with van der Waals surface area (Å²) in [5, 5.41) is 13.0. The average Bonchev–Trinajstić information content (AvgIpc) is 3.36. The van der Waals surface area contributed by atoms with E-state index in [0.717, 1.165) is 18.5 Å². The van der Waals surface area contributed by atoms with Gasteiger partial charge in [0.05, 0.1) is 23.7 Å². The molecule has 0 aliphatic carbocycles. The maximum Gasteiger partial charge on any atom is 0.249 e. The Morgan fingerprint density at radius 2 is 2.03 bits per heavy atom. The highest BCUT2D eigenvalue weighted by atomic mass is 32.2. The number of thioether (sulfide) groups is 1. The van der Waals surface area contributed by atoms with Crippen molar-refractivity contribution in [1.82, 2.24) is 25.3 Å². The van der Waals surface area contributed by atoms with E-state index in [0.29, 0.717) is 24.5 Å². The predicted molar refractivity (Wildman–Crippen MR) is 137 cm³/mol. The first-order valence-electron chi connectivity index (χ1n) is 11.7. The smallest absolute Gasteiger partial charge is 0.249 e. The first kappa shape index (κ1) is 27.7. The van der Waals surface area contributed by atoms with E-state index in [9.17, 15) is 14.4 Å². The van der Waals surface area contributed by atoms with Crippen molar-refractivity contribution in [3.63, 3.8) is 0 Å². The van der Waals surface area contributed by atoms with Gasteiger partial charge in [-0.1, -0.05) is 18.2 Å². The zero-order valence-electron chi connectivity index (χ0n) is 20.8. The third-order valence-corrected chi connectivity index (χ3v) is 7.18. The van der Waals surface area contributed by atoms with Crippen LogP contribution in [0.1, 0.15) is 45.7 Å². The molecule has 1 aromatic rings. The van der Waals surface area contributed by atoms with E-state index in [1.807, 2.05) is 32.9 Å². The van der Waals surface area contributed by atoms with Crippen molar-refractivity contribution in [2.24, 2.45) is 0 Å². The molecule has 34 heavy (non-hydrogen) atoms. The van der Waals surface area contributed by atoms with Crippen molar-refractivity contribution in [3.05, 3.63) is 36.6 Å². The van der Waals surface area contributed by atoms with Crippen LogP contribution < -0.4 is 16.0 Å². The minimum atomic E-state index is -0.610. The molecular weight excluding hydrogens is 452 g/mol. The zero-order valence-corrected chi connectivity index (χ0v) is 21.7. The molecule has 2 saturated heterocycles. The molecule has 9 nitrogen and oxygen atoms in total. The van der Waals surface area contributed by atoms with E-state index in [2.05, 4.69) is 27.6 Å². The van der Waals surface area contributed by atoms with Crippen LogP contribution in [-0.4, -0.2) is 68.7 Å². The highest BCUT2D eigenvalue weighted by Gasteiger charge is 2.45. The first-order valence-corrected chi connectivity index (χ1v) is 12.8. The van der Waals surface area contributed by atoms with Crippen LogP contribution >= 0.6 is 11.8 Å². The number of carbonyl (C=O) groups excluding carboxylic acids is 3. The second-order valence-corrected chi connectivity index (χ2v) is 9.56. The van der Waals surface area contributed by atoms with Gasteiger partial charge in [-0.3, -0.25) is 14.4 Å². The predicted octanol–water partition coefficient (Wildman–Crippen LogP) is 2.45. The van der Waals surface area contributed by atoms with Gasteiger partial charge < -0.3 is 20.9 Å². The molecule has 1 unspecified atom stereocenters. The lowest BCUT2D eigenvalue weighted by Crippen LogP contribution is -2.55. The number of fused-ring (bicyclic) bond motifs is 1. The number of allylic oxidation sites excluding steroid dienone is 3. The van der Waals surface area contributed by atoms with Gasteiger partial charge in [0.15, 0.2) is 0 Å². The van der Waals surface area contributed by atoms with Crippen LogP contribution in [0.15, 0.2) is 30.9 Å². The lowest BCUT2D eigenvalue weighted by atomic mass is 10.1. The molecule has 0 bridgehead atoms. The van der Waals surface area contributed by atoms with Crippen LogP contribution in [0, 0.1) is 6.92 Å². The molecule has 3 amide bonds. The van der Waals surface area contributed by atoms with Crippen molar-refractivity contribution in [2.45, 2.75) is 77.0 Å². The number of likely N-dealkylation sites (N-methyl/N-ethyl adjacent to an activating group) is 1. The Morgan fingerprint density at radius 3 is 2.65 bits per heavy atom. The molecule has 4 atom stereocenters. The second-order valence-electron chi connectivity index (χ2n) is 8.35. The van der Waals surface area contributed by atoms with Crippen LogP contribution in [0.4, 0.5) is 5.82 Å². The van der Waals surface area contributed by atoms with Gasteiger partial charge in [0.1, 0.15) is 17.9 Å². The summed E-state index contributed by atoms with van der Waals surface area (Å²) in [6.07, 6.45) is 7.91. The number of carbonyl (C=O) groups is 3. The molecule has 3 heterocycles. The molecule has 10 heteroatoms. The molecule has 2 aliphatic heterocycles. The number of anilines is 1. The minimum Gasteiger partial charge on any atom is -0.343 e. The summed E-state index contributed by atoms with van der Waals surface area (Å²) in [5.74, 6) is 0.478. The molecule has 0 radical (unpaired) electrons. The van der Waals surface area contributed by atoms with E-state index in [-0.39, 0.29) is 23.1 Å². The molecule has 1 aromatic heterocycles. The Hall–Kier alpha value is -2.59. The minimum absolute atomic E-state index is 0.0447. The highest BCUT2D eigenvalue weighted by molar-refractivity contribution is 8.00. The summed E-state index contributed by atoms with van der Waals surface area (Å²) < 4.78 is 1.67. The van der Waals surface area contributed by atoms with Crippen molar-refractivity contribution in [2.75, 3.05) is 18.1 Å². The molecule has 3 N–H and O–H groups in total. The number of nitrogens with one attached hydrogen (secondary N) is 3. The summed E-state index contributed by atoms with van der Waals surface area (Å²) in [6.45, 7) is 11.8. The molecule has 2 aliphatic rings. The molecule has 0 aromatic carbocycles. The van der Waals surface area contributed by atoms with Crippen LogP contribution in [-0.2, 0) is 20.9 Å². The van der Waals surface area contributed by atoms with Gasteiger partial charge in [-0.05, 0) is 54.0 Å². The van der Waals surface area contributed by atoms with E-state index < -0.39 is 18.1 Å². The fourth-order valence-corrected chi connectivity index (χ4v) is 5.22. The van der Waals surface area contributed by atoms with Gasteiger partial charge >= 0.3 is 0 Å². The van der Waals surface area contributed by atoms with Gasteiger partial charge in [0.25, 0.3) is 0 Å². The number of hydrogen-bond donors (Lipinski definition) is 3. The van der Waals surface area contributed by atoms with Gasteiger partial charge in [-0.2, -0.15) is 5.10 Å². The molecule has 0 spiro atoms. The Bertz CT molecular complexity index is 895. The maximum atomic E-state index is 13.3. The maximum absolute atomic E-state index is 13.3. The molecular formula is C24H38N6O3S. The summed E-state index contributed by atoms with van der Waals surface area (Å²) in [4.78, 5) is 40.3. The largest absolute Gasteiger partial charge is 0.343 e. The molecule has 2 fully saturated rings. The van der Waals surface area contributed by atoms with Crippen LogP contribution in [0.2, 0.25) is 0 Å². The fraction of sp³-hybridized carbons (Fsp3) is 0.583. The SMILES string of the molecule is C/C=C\C.C=CCn1nc(C)cc1NC(=O)[C@@H]1CS[C@@H]2CCCC(NC(=O)[C@H](C)NC)C(=O)N21. The normalized spacial score (nSPS) is 22.9. The van der Waals surface area contributed by atoms with Crippen molar-refractivity contribution < 1.29 is 14.4 Å². The monoisotopic (exact) mass is 490 g/mol. The van der Waals surface area contributed by atoms with E-state index in [1.165, 1.54) is 0 Å². The summed E-state index contributed by atoms with van der Waals surface area (Å²) in [7, 11) is 1.70. The molecule has 188 valence electrons. The van der Waals surface area contributed by atoms with Gasteiger partial charge in [0.2, 0.25) is 17.7 Å². The number of amides is 3. The second kappa shape index (κ2) is 13.3. The Kier molecular flexibility index (Phi) is 10.8. The van der Waals surface area contributed by atoms with Crippen molar-refractivity contribution in [1.29, 1.82) is 0 Å². The average molecular weight is 491 g/mol. The third kappa shape index (κ3) is 6.96. The number of nitrogens with zero attached hydrogens (tertiary/aromatic N) is 3. The standard InChI is InChI=1S/C20H30N6O3S.C4H8/c1-5-9-25-16(10-12(2)24-25)23-19(28)15-11-30-17-8-6-7-14(20(29)26(15)17)22-18(27)13(3)21-4;1-3-4-2/h5,10,13-15,17,21H,1,6-9,11H2,2-4H3,(H,22,27)(H,23,28);3-4H,1-2H3/b;4-3-/t13-,14?,15-,17+;/m0./s1. The summed E-state index contributed by atoms with van der Waals surface area (Å²) in [5.41, 5.74) is 0.790. The number of rotatable bonds is 7. The van der Waals surface area contributed by atoms with Gasteiger partial charge in [0, 0.05) is 11.8 Å². The van der Waals surface area contributed by atoms with Crippen LogP contribution in [0.3, 0.4) is 0 Å². The fourth-order valence-electron chi connectivity index (χ4n) is 3.76. The van der Waals surface area contributed by atoms with Crippen molar-refractivity contribution in [3.8, 4) is 0 Å². The van der Waals surface area contributed by atoms with E-state index in [1.54, 1.807) is 47.5 Å². The third-order valence-electron chi connectivity index (χ3n) is 5.82. The Balaban J connectivity index is 0.000000945. The van der Waals surface area contributed by atoms with E-state index >= 15 is 0 Å². The first-order chi connectivity index (χ1) is 16.3.